The van der Waals surface area contributed by atoms with E-state index in [4.69, 9.17) is 0 Å². The van der Waals surface area contributed by atoms with Gasteiger partial charge >= 0.3 is 0 Å². The van der Waals surface area contributed by atoms with E-state index in [2.05, 4.69) is 20.2 Å². The molecule has 0 saturated carbocycles. The number of hydrogen-bond donors (Lipinski definition) is 2. The van der Waals surface area contributed by atoms with Crippen LogP contribution in [0.4, 0.5) is 0 Å². The fourth-order valence-corrected chi connectivity index (χ4v) is 3.58. The number of aromatic nitrogens is 2. The zero-order valence-electron chi connectivity index (χ0n) is 16.5. The van der Waals surface area contributed by atoms with Crippen LogP contribution in [0.25, 0.3) is 10.9 Å². The van der Waals surface area contributed by atoms with E-state index in [9.17, 15) is 14.4 Å². The fraction of sp³-hybridized carbons (Fsp3) is 0.273. The molecule has 0 aliphatic carbocycles. The van der Waals surface area contributed by atoms with Gasteiger partial charge in [0.05, 0.1) is 12.2 Å². The second-order valence-electron chi connectivity index (χ2n) is 7.24. The maximum atomic E-state index is 12.5. The van der Waals surface area contributed by atoms with Crippen molar-refractivity contribution in [1.29, 1.82) is 0 Å². The van der Waals surface area contributed by atoms with E-state index >= 15 is 0 Å². The van der Waals surface area contributed by atoms with Crippen molar-refractivity contribution < 1.29 is 9.59 Å². The molecule has 3 aromatic rings. The third-order valence-electron chi connectivity index (χ3n) is 5.27. The second-order valence-corrected chi connectivity index (χ2v) is 7.24. The summed E-state index contributed by atoms with van der Waals surface area (Å²) in [6.45, 7) is 3.31. The van der Waals surface area contributed by atoms with Crippen LogP contribution >= 0.6 is 0 Å². The molecule has 0 bridgehead atoms. The van der Waals surface area contributed by atoms with Crippen molar-refractivity contribution in [3.8, 4) is 0 Å². The van der Waals surface area contributed by atoms with E-state index in [0.717, 1.165) is 25.3 Å². The van der Waals surface area contributed by atoms with Gasteiger partial charge < -0.3 is 15.2 Å². The Morgan fingerprint density at radius 1 is 1.03 bits per heavy atom. The van der Waals surface area contributed by atoms with Crippen molar-refractivity contribution in [2.75, 3.05) is 32.7 Å². The minimum absolute atomic E-state index is 0.00156. The van der Waals surface area contributed by atoms with E-state index in [-0.39, 0.29) is 23.4 Å². The van der Waals surface area contributed by atoms with Crippen molar-refractivity contribution in [3.05, 3.63) is 76.3 Å². The van der Waals surface area contributed by atoms with Gasteiger partial charge in [-0.05, 0) is 24.3 Å². The molecule has 1 fully saturated rings. The minimum atomic E-state index is -0.552. The van der Waals surface area contributed by atoms with Crippen molar-refractivity contribution >= 4 is 22.7 Å². The molecule has 0 radical (unpaired) electrons. The van der Waals surface area contributed by atoms with E-state index in [1.54, 1.807) is 29.3 Å². The van der Waals surface area contributed by atoms with Gasteiger partial charge in [-0.3, -0.25) is 24.3 Å². The van der Waals surface area contributed by atoms with Crippen LogP contribution in [-0.4, -0.2) is 64.3 Å². The summed E-state index contributed by atoms with van der Waals surface area (Å²) < 4.78 is 0. The largest absolute Gasteiger partial charge is 0.360 e. The van der Waals surface area contributed by atoms with E-state index in [0.29, 0.717) is 24.0 Å². The van der Waals surface area contributed by atoms with E-state index < -0.39 is 5.91 Å². The summed E-state index contributed by atoms with van der Waals surface area (Å²) in [4.78, 5) is 48.7. The number of nitrogens with one attached hydrogen (secondary N) is 2. The summed E-state index contributed by atoms with van der Waals surface area (Å²) in [5.74, 6) is -0.706. The molecule has 1 aliphatic heterocycles. The van der Waals surface area contributed by atoms with Gasteiger partial charge in [-0.2, -0.15) is 0 Å². The molecule has 2 amide bonds. The van der Waals surface area contributed by atoms with Crippen LogP contribution in [0.2, 0.25) is 0 Å². The zero-order valence-corrected chi connectivity index (χ0v) is 16.5. The first-order chi connectivity index (χ1) is 14.6. The Morgan fingerprint density at radius 3 is 2.57 bits per heavy atom. The van der Waals surface area contributed by atoms with Crippen molar-refractivity contribution in [3.63, 3.8) is 0 Å². The molecule has 8 heteroatoms. The maximum Gasteiger partial charge on any atom is 0.257 e. The van der Waals surface area contributed by atoms with Crippen LogP contribution in [0.15, 0.2) is 59.7 Å². The van der Waals surface area contributed by atoms with Gasteiger partial charge in [-0.25, -0.2) is 0 Å². The van der Waals surface area contributed by atoms with E-state index in [1.807, 2.05) is 24.3 Å². The minimum Gasteiger partial charge on any atom is -0.360 e. The number of para-hydroxylation sites is 1. The van der Waals surface area contributed by atoms with Crippen LogP contribution < -0.4 is 10.7 Å². The highest BCUT2D eigenvalue weighted by Gasteiger charge is 2.22. The number of rotatable bonds is 5. The number of carbonyl (C=O) groups excluding carboxylic acids is 2. The SMILES string of the molecule is O=C(NCC(=O)N1CCN(Cc2ccccn2)CC1)c1c[nH]c2ccccc2c1=O. The lowest BCUT2D eigenvalue weighted by molar-refractivity contribution is -0.131. The van der Waals surface area contributed by atoms with Crippen LogP contribution in [0.3, 0.4) is 0 Å². The number of piperazine rings is 1. The summed E-state index contributed by atoms with van der Waals surface area (Å²) in [6.07, 6.45) is 3.17. The molecular formula is C22H23N5O3. The number of carbonyl (C=O) groups is 2. The fourth-order valence-electron chi connectivity index (χ4n) is 3.58. The second kappa shape index (κ2) is 8.87. The van der Waals surface area contributed by atoms with E-state index in [1.165, 1.54) is 6.20 Å². The Bertz CT molecular complexity index is 1100. The Labute approximate surface area is 173 Å². The van der Waals surface area contributed by atoms with Gasteiger partial charge in [0, 0.05) is 56.0 Å². The number of pyridine rings is 2. The molecule has 3 heterocycles. The first-order valence-corrected chi connectivity index (χ1v) is 9.90. The topological polar surface area (TPSA) is 98.4 Å². The number of hydrogen-bond acceptors (Lipinski definition) is 5. The third-order valence-corrected chi connectivity index (χ3v) is 5.27. The van der Waals surface area contributed by atoms with Gasteiger partial charge in [0.25, 0.3) is 5.91 Å². The Balaban J connectivity index is 1.29. The molecule has 2 N–H and O–H groups in total. The molecule has 4 rings (SSSR count). The third kappa shape index (κ3) is 4.38. The summed E-state index contributed by atoms with van der Waals surface area (Å²) in [5.41, 5.74) is 1.32. The first-order valence-electron chi connectivity index (χ1n) is 9.90. The predicted molar refractivity (Wildman–Crippen MR) is 113 cm³/mol. The highest BCUT2D eigenvalue weighted by Crippen LogP contribution is 2.08. The number of nitrogens with zero attached hydrogens (tertiary/aromatic N) is 3. The van der Waals surface area contributed by atoms with Gasteiger partial charge in [-0.1, -0.05) is 18.2 Å². The highest BCUT2D eigenvalue weighted by molar-refractivity contribution is 5.98. The summed E-state index contributed by atoms with van der Waals surface area (Å²) in [7, 11) is 0. The predicted octanol–water partition coefficient (Wildman–Crippen LogP) is 0.997. The van der Waals surface area contributed by atoms with Gasteiger partial charge in [0.1, 0.15) is 5.56 Å². The lowest BCUT2D eigenvalue weighted by atomic mass is 10.1. The van der Waals surface area contributed by atoms with Gasteiger partial charge in [0.15, 0.2) is 0 Å². The number of amides is 2. The van der Waals surface area contributed by atoms with Crippen LogP contribution in [0, 0.1) is 0 Å². The lowest BCUT2D eigenvalue weighted by Gasteiger charge is -2.34. The Hall–Kier alpha value is -3.52. The standard InChI is InChI=1S/C22H23N5O3/c28-20(27-11-9-26(10-12-27)15-16-5-3-4-8-23-16)14-25-22(30)18-13-24-19-7-2-1-6-17(19)21(18)29/h1-8,13H,9-12,14-15H2,(H,24,29)(H,25,30). The lowest BCUT2D eigenvalue weighted by Crippen LogP contribution is -2.51. The van der Waals surface area contributed by atoms with Crippen molar-refractivity contribution in [2.45, 2.75) is 6.54 Å². The van der Waals surface area contributed by atoms with Crippen LogP contribution in [0.5, 0.6) is 0 Å². The first kappa shape index (κ1) is 19.8. The number of benzene rings is 1. The zero-order chi connectivity index (χ0) is 20.9. The Kier molecular flexibility index (Phi) is 5.85. The number of H-pyrrole nitrogens is 1. The monoisotopic (exact) mass is 405 g/mol. The summed E-state index contributed by atoms with van der Waals surface area (Å²) in [5, 5.41) is 3.02. The molecule has 2 aromatic heterocycles. The van der Waals surface area contributed by atoms with Gasteiger partial charge in [0.2, 0.25) is 11.3 Å². The Morgan fingerprint density at radius 2 is 1.80 bits per heavy atom. The molecule has 0 atom stereocenters. The molecule has 8 nitrogen and oxygen atoms in total. The number of aromatic amines is 1. The normalized spacial score (nSPS) is 14.6. The highest BCUT2D eigenvalue weighted by atomic mass is 16.2. The van der Waals surface area contributed by atoms with Crippen LogP contribution in [-0.2, 0) is 11.3 Å². The molecule has 30 heavy (non-hydrogen) atoms. The van der Waals surface area contributed by atoms with Crippen molar-refractivity contribution in [2.24, 2.45) is 0 Å². The molecule has 1 saturated heterocycles. The number of fused-ring (bicyclic) bond motifs is 1. The average Bonchev–Trinajstić information content (AvgIpc) is 2.79. The maximum absolute atomic E-state index is 12.5. The molecular weight excluding hydrogens is 382 g/mol. The van der Waals surface area contributed by atoms with Gasteiger partial charge in [-0.15, -0.1) is 0 Å². The molecule has 0 spiro atoms. The molecule has 154 valence electrons. The molecule has 0 unspecified atom stereocenters. The summed E-state index contributed by atoms with van der Waals surface area (Å²) in [6, 6.07) is 12.8. The molecule has 1 aliphatic rings. The smallest absolute Gasteiger partial charge is 0.257 e. The van der Waals surface area contributed by atoms with Crippen LogP contribution in [0.1, 0.15) is 16.1 Å². The van der Waals surface area contributed by atoms with Crippen molar-refractivity contribution in [1.82, 2.24) is 25.1 Å². The molecule has 1 aromatic carbocycles. The average molecular weight is 405 g/mol. The summed E-state index contributed by atoms with van der Waals surface area (Å²) >= 11 is 0. The quantitative estimate of drug-likeness (QED) is 0.660.